The Hall–Kier alpha value is -0.810. The first-order chi connectivity index (χ1) is 8.92. The van der Waals surface area contributed by atoms with E-state index in [0.717, 1.165) is 26.1 Å². The van der Waals surface area contributed by atoms with Crippen molar-refractivity contribution in [2.24, 2.45) is 0 Å². The SMILES string of the molecule is COCCC1CCCN1CCNC(=O)OC(C)(C)C. The van der Waals surface area contributed by atoms with Crippen molar-refractivity contribution in [3.63, 3.8) is 0 Å². The molecular weight excluding hydrogens is 244 g/mol. The van der Waals surface area contributed by atoms with Gasteiger partial charge in [-0.2, -0.15) is 0 Å². The van der Waals surface area contributed by atoms with Gasteiger partial charge in [0.05, 0.1) is 0 Å². The lowest BCUT2D eigenvalue weighted by molar-refractivity contribution is 0.0519. The van der Waals surface area contributed by atoms with Crippen molar-refractivity contribution < 1.29 is 14.3 Å². The maximum atomic E-state index is 11.5. The van der Waals surface area contributed by atoms with E-state index in [2.05, 4.69) is 10.2 Å². The fourth-order valence-corrected chi connectivity index (χ4v) is 2.39. The fourth-order valence-electron chi connectivity index (χ4n) is 2.39. The van der Waals surface area contributed by atoms with Crippen LogP contribution in [0.15, 0.2) is 0 Å². The second kappa shape index (κ2) is 7.70. The lowest BCUT2D eigenvalue weighted by Crippen LogP contribution is -2.39. The van der Waals surface area contributed by atoms with Gasteiger partial charge in [-0.3, -0.25) is 4.90 Å². The minimum atomic E-state index is -0.432. The zero-order valence-corrected chi connectivity index (χ0v) is 12.7. The van der Waals surface area contributed by atoms with Gasteiger partial charge in [0.1, 0.15) is 5.60 Å². The molecule has 1 saturated heterocycles. The van der Waals surface area contributed by atoms with Crippen molar-refractivity contribution in [1.82, 2.24) is 10.2 Å². The fraction of sp³-hybridized carbons (Fsp3) is 0.929. The van der Waals surface area contributed by atoms with Gasteiger partial charge in [0, 0.05) is 32.8 Å². The monoisotopic (exact) mass is 272 g/mol. The van der Waals surface area contributed by atoms with Crippen molar-refractivity contribution in [1.29, 1.82) is 0 Å². The van der Waals surface area contributed by atoms with E-state index in [1.807, 2.05) is 20.8 Å². The number of carbonyl (C=O) groups excluding carboxylic acids is 1. The molecule has 5 nitrogen and oxygen atoms in total. The third-order valence-corrected chi connectivity index (χ3v) is 3.22. The number of nitrogens with one attached hydrogen (secondary N) is 1. The van der Waals surface area contributed by atoms with Crippen LogP contribution in [0.5, 0.6) is 0 Å². The summed E-state index contributed by atoms with van der Waals surface area (Å²) in [5.74, 6) is 0. The average molecular weight is 272 g/mol. The summed E-state index contributed by atoms with van der Waals surface area (Å²) < 4.78 is 10.3. The Morgan fingerprint density at radius 1 is 1.42 bits per heavy atom. The molecule has 1 atom stereocenters. The summed E-state index contributed by atoms with van der Waals surface area (Å²) in [4.78, 5) is 13.9. The number of nitrogens with zero attached hydrogens (tertiary/aromatic N) is 1. The van der Waals surface area contributed by atoms with E-state index in [4.69, 9.17) is 9.47 Å². The molecule has 0 aromatic heterocycles. The standard InChI is InChI=1S/C14H28N2O3/c1-14(2,3)19-13(17)15-8-10-16-9-5-6-12(16)7-11-18-4/h12H,5-11H2,1-4H3,(H,15,17). The van der Waals surface area contributed by atoms with Crippen molar-refractivity contribution >= 4 is 6.09 Å². The Kier molecular flexibility index (Phi) is 6.58. The normalized spacial score (nSPS) is 20.5. The molecule has 0 saturated carbocycles. The van der Waals surface area contributed by atoms with Gasteiger partial charge in [0.15, 0.2) is 0 Å². The summed E-state index contributed by atoms with van der Waals surface area (Å²) in [5, 5.41) is 2.81. The van der Waals surface area contributed by atoms with Crippen LogP contribution in [0.1, 0.15) is 40.0 Å². The molecule has 1 heterocycles. The molecule has 19 heavy (non-hydrogen) atoms. The van der Waals surface area contributed by atoms with E-state index in [1.165, 1.54) is 12.8 Å². The Labute approximate surface area is 116 Å². The van der Waals surface area contributed by atoms with Crippen molar-refractivity contribution in [3.05, 3.63) is 0 Å². The number of rotatable bonds is 6. The van der Waals surface area contributed by atoms with Crippen molar-refractivity contribution in [3.8, 4) is 0 Å². The highest BCUT2D eigenvalue weighted by atomic mass is 16.6. The molecule has 1 aliphatic rings. The molecule has 0 bridgehead atoms. The molecule has 1 N–H and O–H groups in total. The third kappa shape index (κ3) is 6.78. The van der Waals surface area contributed by atoms with Crippen LogP contribution in [0.25, 0.3) is 0 Å². The lowest BCUT2D eigenvalue weighted by Gasteiger charge is -2.25. The topological polar surface area (TPSA) is 50.8 Å². The van der Waals surface area contributed by atoms with Gasteiger partial charge in [-0.1, -0.05) is 0 Å². The Morgan fingerprint density at radius 3 is 2.79 bits per heavy atom. The zero-order valence-electron chi connectivity index (χ0n) is 12.7. The number of methoxy groups -OCH3 is 1. The van der Waals surface area contributed by atoms with E-state index >= 15 is 0 Å². The summed E-state index contributed by atoms with van der Waals surface area (Å²) in [6.07, 6.45) is 3.21. The van der Waals surface area contributed by atoms with Gasteiger partial charge >= 0.3 is 6.09 Å². The van der Waals surface area contributed by atoms with E-state index in [1.54, 1.807) is 7.11 Å². The minimum Gasteiger partial charge on any atom is -0.444 e. The van der Waals surface area contributed by atoms with E-state index in [9.17, 15) is 4.79 Å². The first kappa shape index (κ1) is 16.2. The molecule has 1 aliphatic heterocycles. The van der Waals surface area contributed by atoms with Crippen molar-refractivity contribution in [2.45, 2.75) is 51.7 Å². The first-order valence-electron chi connectivity index (χ1n) is 7.12. The number of hydrogen-bond acceptors (Lipinski definition) is 4. The molecule has 1 rings (SSSR count). The molecule has 0 radical (unpaired) electrons. The zero-order chi connectivity index (χ0) is 14.3. The van der Waals surface area contributed by atoms with Crippen LogP contribution in [-0.4, -0.2) is 56.0 Å². The molecule has 1 amide bonds. The number of likely N-dealkylation sites (tertiary alicyclic amines) is 1. The number of hydrogen-bond donors (Lipinski definition) is 1. The van der Waals surface area contributed by atoms with Crippen LogP contribution in [0, 0.1) is 0 Å². The summed E-state index contributed by atoms with van der Waals surface area (Å²) in [7, 11) is 1.74. The summed E-state index contributed by atoms with van der Waals surface area (Å²) >= 11 is 0. The Morgan fingerprint density at radius 2 is 2.16 bits per heavy atom. The predicted octanol–water partition coefficient (Wildman–Crippen LogP) is 2.01. The molecular formula is C14H28N2O3. The van der Waals surface area contributed by atoms with Crippen molar-refractivity contribution in [2.75, 3.05) is 33.4 Å². The number of alkyl carbamates (subject to hydrolysis) is 1. The van der Waals surface area contributed by atoms with Crippen LogP contribution < -0.4 is 5.32 Å². The van der Waals surface area contributed by atoms with Crippen LogP contribution >= 0.6 is 0 Å². The quantitative estimate of drug-likeness (QED) is 0.803. The molecule has 0 aromatic rings. The van der Waals surface area contributed by atoms with E-state index in [-0.39, 0.29) is 6.09 Å². The van der Waals surface area contributed by atoms with Gasteiger partial charge in [-0.15, -0.1) is 0 Å². The van der Waals surface area contributed by atoms with Gasteiger partial charge < -0.3 is 14.8 Å². The largest absolute Gasteiger partial charge is 0.444 e. The smallest absolute Gasteiger partial charge is 0.407 e. The number of amides is 1. The predicted molar refractivity (Wildman–Crippen MR) is 75.3 cm³/mol. The molecule has 0 aliphatic carbocycles. The second-order valence-corrected chi connectivity index (χ2v) is 6.04. The van der Waals surface area contributed by atoms with Crippen LogP contribution in [0.4, 0.5) is 4.79 Å². The summed E-state index contributed by atoms with van der Waals surface area (Å²) in [6.45, 7) is 9.05. The molecule has 5 heteroatoms. The minimum absolute atomic E-state index is 0.333. The summed E-state index contributed by atoms with van der Waals surface area (Å²) in [5.41, 5.74) is -0.432. The van der Waals surface area contributed by atoms with Gasteiger partial charge in [-0.05, 0) is 46.6 Å². The Bertz CT molecular complexity index is 276. The number of ether oxygens (including phenoxy) is 2. The van der Waals surface area contributed by atoms with Gasteiger partial charge in [0.2, 0.25) is 0 Å². The van der Waals surface area contributed by atoms with Crippen LogP contribution in [0.3, 0.4) is 0 Å². The highest BCUT2D eigenvalue weighted by molar-refractivity contribution is 5.67. The average Bonchev–Trinajstić information content (AvgIpc) is 2.71. The van der Waals surface area contributed by atoms with Crippen LogP contribution in [0.2, 0.25) is 0 Å². The van der Waals surface area contributed by atoms with Gasteiger partial charge in [0.25, 0.3) is 0 Å². The Balaban J connectivity index is 2.19. The van der Waals surface area contributed by atoms with Crippen LogP contribution in [-0.2, 0) is 9.47 Å². The van der Waals surface area contributed by atoms with E-state index in [0.29, 0.717) is 12.6 Å². The highest BCUT2D eigenvalue weighted by Crippen LogP contribution is 2.19. The molecule has 0 aromatic carbocycles. The van der Waals surface area contributed by atoms with E-state index < -0.39 is 5.60 Å². The second-order valence-electron chi connectivity index (χ2n) is 6.04. The molecule has 0 spiro atoms. The molecule has 1 unspecified atom stereocenters. The number of carbonyl (C=O) groups is 1. The molecule has 1 fully saturated rings. The maximum absolute atomic E-state index is 11.5. The lowest BCUT2D eigenvalue weighted by atomic mass is 10.1. The molecule has 112 valence electrons. The van der Waals surface area contributed by atoms with Gasteiger partial charge in [-0.25, -0.2) is 4.79 Å². The first-order valence-corrected chi connectivity index (χ1v) is 7.12. The highest BCUT2D eigenvalue weighted by Gasteiger charge is 2.24. The summed E-state index contributed by atoms with van der Waals surface area (Å²) in [6, 6.07) is 0.598. The maximum Gasteiger partial charge on any atom is 0.407 e. The third-order valence-electron chi connectivity index (χ3n) is 3.22.